The van der Waals surface area contributed by atoms with Crippen LogP contribution in [0.1, 0.15) is 21.5 Å². The minimum Gasteiger partial charge on any atom is -0.327 e. The monoisotopic (exact) mass is 276 g/mol. The zero-order chi connectivity index (χ0) is 14.0. The standard InChI is InChI=1S/C14H13ClN2O2/c1-8-4-3-5-9(2)12(8)17-13(18)10-6-11(15)14(19)16-7-10/h3-7H,1-2H3,(H,16,19)(H,17,18). The highest BCUT2D eigenvalue weighted by atomic mass is 35.5. The molecule has 0 aliphatic rings. The van der Waals surface area contributed by atoms with E-state index >= 15 is 0 Å². The third kappa shape index (κ3) is 2.85. The van der Waals surface area contributed by atoms with Gasteiger partial charge in [0, 0.05) is 11.9 Å². The number of anilines is 1. The summed E-state index contributed by atoms with van der Waals surface area (Å²) in [4.78, 5) is 25.6. The molecule has 19 heavy (non-hydrogen) atoms. The number of hydrogen-bond acceptors (Lipinski definition) is 2. The van der Waals surface area contributed by atoms with Gasteiger partial charge in [-0.3, -0.25) is 9.59 Å². The molecule has 2 rings (SSSR count). The summed E-state index contributed by atoms with van der Waals surface area (Å²) in [6, 6.07) is 7.12. The molecule has 0 aliphatic carbocycles. The van der Waals surface area contributed by atoms with Crippen LogP contribution in [0.15, 0.2) is 35.3 Å². The molecule has 0 aliphatic heterocycles. The summed E-state index contributed by atoms with van der Waals surface area (Å²) in [6.07, 6.45) is 1.34. The minimum atomic E-state index is -0.412. The molecule has 0 saturated carbocycles. The van der Waals surface area contributed by atoms with Crippen LogP contribution in [-0.4, -0.2) is 10.9 Å². The van der Waals surface area contributed by atoms with E-state index in [1.165, 1.54) is 12.3 Å². The van der Waals surface area contributed by atoms with Gasteiger partial charge in [0.1, 0.15) is 5.02 Å². The lowest BCUT2D eigenvalue weighted by Crippen LogP contribution is -2.16. The quantitative estimate of drug-likeness (QED) is 0.886. The molecule has 0 unspecified atom stereocenters. The number of aromatic nitrogens is 1. The summed E-state index contributed by atoms with van der Waals surface area (Å²) < 4.78 is 0. The molecule has 0 bridgehead atoms. The summed E-state index contributed by atoms with van der Waals surface area (Å²) in [5.74, 6) is -0.310. The van der Waals surface area contributed by atoms with E-state index in [-0.39, 0.29) is 10.9 Å². The van der Waals surface area contributed by atoms with Crippen LogP contribution in [0.3, 0.4) is 0 Å². The number of amides is 1. The van der Waals surface area contributed by atoms with E-state index in [4.69, 9.17) is 11.6 Å². The second kappa shape index (κ2) is 5.28. The average Bonchev–Trinajstić information content (AvgIpc) is 2.37. The van der Waals surface area contributed by atoms with Crippen LogP contribution in [0.2, 0.25) is 5.02 Å². The lowest BCUT2D eigenvalue weighted by Gasteiger charge is -2.11. The first kappa shape index (κ1) is 13.4. The zero-order valence-corrected chi connectivity index (χ0v) is 11.3. The van der Waals surface area contributed by atoms with Gasteiger partial charge in [-0.1, -0.05) is 29.8 Å². The fraction of sp³-hybridized carbons (Fsp3) is 0.143. The Bertz CT molecular complexity index is 672. The highest BCUT2D eigenvalue weighted by molar-refractivity contribution is 6.30. The van der Waals surface area contributed by atoms with Crippen LogP contribution in [0, 0.1) is 13.8 Å². The maximum absolute atomic E-state index is 12.1. The lowest BCUT2D eigenvalue weighted by molar-refractivity contribution is 0.102. The summed E-state index contributed by atoms with van der Waals surface area (Å²) in [7, 11) is 0. The van der Waals surface area contributed by atoms with Crippen molar-refractivity contribution >= 4 is 23.2 Å². The van der Waals surface area contributed by atoms with E-state index in [1.54, 1.807) is 0 Å². The highest BCUT2D eigenvalue weighted by Gasteiger charge is 2.11. The molecule has 1 aromatic carbocycles. The van der Waals surface area contributed by atoms with Gasteiger partial charge in [0.25, 0.3) is 11.5 Å². The largest absolute Gasteiger partial charge is 0.327 e. The fourth-order valence-electron chi connectivity index (χ4n) is 1.78. The molecular formula is C14H13ClN2O2. The molecule has 0 atom stereocenters. The summed E-state index contributed by atoms with van der Waals surface area (Å²) in [5.41, 5.74) is 2.63. The van der Waals surface area contributed by atoms with E-state index in [0.29, 0.717) is 5.56 Å². The van der Waals surface area contributed by atoms with Crippen molar-refractivity contribution in [3.05, 3.63) is 62.5 Å². The number of H-pyrrole nitrogens is 1. The predicted molar refractivity (Wildman–Crippen MR) is 75.9 cm³/mol. The Balaban J connectivity index is 2.31. The minimum absolute atomic E-state index is 0.00541. The Morgan fingerprint density at radius 3 is 2.47 bits per heavy atom. The molecule has 0 fully saturated rings. The van der Waals surface area contributed by atoms with Crippen molar-refractivity contribution in [1.29, 1.82) is 0 Å². The summed E-state index contributed by atoms with van der Waals surface area (Å²) in [6.45, 7) is 3.84. The molecule has 1 amide bonds. The van der Waals surface area contributed by atoms with E-state index in [9.17, 15) is 9.59 Å². The Kier molecular flexibility index (Phi) is 3.71. The van der Waals surface area contributed by atoms with Crippen LogP contribution < -0.4 is 10.9 Å². The van der Waals surface area contributed by atoms with Gasteiger partial charge < -0.3 is 10.3 Å². The number of carbonyl (C=O) groups is 1. The lowest BCUT2D eigenvalue weighted by atomic mass is 10.1. The van der Waals surface area contributed by atoms with Crippen molar-refractivity contribution in [2.24, 2.45) is 0 Å². The first-order valence-corrected chi connectivity index (χ1v) is 6.12. The van der Waals surface area contributed by atoms with Gasteiger partial charge in [-0.25, -0.2) is 0 Å². The van der Waals surface area contributed by atoms with Crippen LogP contribution in [0.4, 0.5) is 5.69 Å². The van der Waals surface area contributed by atoms with Crippen molar-refractivity contribution in [1.82, 2.24) is 4.98 Å². The van der Waals surface area contributed by atoms with E-state index in [2.05, 4.69) is 10.3 Å². The van der Waals surface area contributed by atoms with Gasteiger partial charge in [0.2, 0.25) is 0 Å². The van der Waals surface area contributed by atoms with Gasteiger partial charge in [0.05, 0.1) is 5.56 Å². The number of rotatable bonds is 2. The molecule has 5 heteroatoms. The second-order valence-corrected chi connectivity index (χ2v) is 4.69. The predicted octanol–water partition coefficient (Wildman–Crippen LogP) is 2.90. The second-order valence-electron chi connectivity index (χ2n) is 4.29. The normalized spacial score (nSPS) is 10.3. The molecule has 2 aromatic rings. The van der Waals surface area contributed by atoms with Gasteiger partial charge in [-0.15, -0.1) is 0 Å². The molecule has 0 spiro atoms. The summed E-state index contributed by atoms with van der Waals surface area (Å²) in [5, 5.41) is 2.82. The Morgan fingerprint density at radius 2 is 1.89 bits per heavy atom. The maximum Gasteiger partial charge on any atom is 0.266 e. The number of hydrogen-bond donors (Lipinski definition) is 2. The van der Waals surface area contributed by atoms with Crippen LogP contribution >= 0.6 is 11.6 Å². The SMILES string of the molecule is Cc1cccc(C)c1NC(=O)c1c[nH]c(=O)c(Cl)c1. The topological polar surface area (TPSA) is 62.0 Å². The molecule has 0 radical (unpaired) electrons. The van der Waals surface area contributed by atoms with Crippen LogP contribution in [-0.2, 0) is 0 Å². The number of pyridine rings is 1. The van der Waals surface area contributed by atoms with E-state index < -0.39 is 5.56 Å². The van der Waals surface area contributed by atoms with Gasteiger partial charge in [-0.05, 0) is 31.0 Å². The maximum atomic E-state index is 12.1. The first-order valence-electron chi connectivity index (χ1n) is 5.75. The first-order chi connectivity index (χ1) is 8.99. The number of halogens is 1. The number of aryl methyl sites for hydroxylation is 2. The molecular weight excluding hydrogens is 264 g/mol. The van der Waals surface area contributed by atoms with E-state index in [1.807, 2.05) is 32.0 Å². The van der Waals surface area contributed by atoms with Crippen molar-refractivity contribution in [3.8, 4) is 0 Å². The van der Waals surface area contributed by atoms with Crippen LogP contribution in [0.25, 0.3) is 0 Å². The fourth-order valence-corrected chi connectivity index (χ4v) is 1.96. The smallest absolute Gasteiger partial charge is 0.266 e. The number of aromatic amines is 1. The number of carbonyl (C=O) groups excluding carboxylic acids is 1. The summed E-state index contributed by atoms with van der Waals surface area (Å²) >= 11 is 5.70. The number of para-hydroxylation sites is 1. The molecule has 98 valence electrons. The molecule has 2 N–H and O–H groups in total. The van der Waals surface area contributed by atoms with Crippen molar-refractivity contribution in [2.75, 3.05) is 5.32 Å². The van der Waals surface area contributed by atoms with Crippen LogP contribution in [0.5, 0.6) is 0 Å². The third-order valence-electron chi connectivity index (χ3n) is 2.84. The zero-order valence-electron chi connectivity index (χ0n) is 10.6. The van der Waals surface area contributed by atoms with Gasteiger partial charge >= 0.3 is 0 Å². The average molecular weight is 277 g/mol. The Morgan fingerprint density at radius 1 is 1.26 bits per heavy atom. The molecule has 1 heterocycles. The van der Waals surface area contributed by atoms with Crippen molar-refractivity contribution in [2.45, 2.75) is 13.8 Å². The third-order valence-corrected chi connectivity index (χ3v) is 3.12. The highest BCUT2D eigenvalue weighted by Crippen LogP contribution is 2.20. The molecule has 0 saturated heterocycles. The number of benzene rings is 1. The Hall–Kier alpha value is -2.07. The van der Waals surface area contributed by atoms with Gasteiger partial charge in [0.15, 0.2) is 0 Å². The van der Waals surface area contributed by atoms with Gasteiger partial charge in [-0.2, -0.15) is 0 Å². The van der Waals surface area contributed by atoms with Crippen molar-refractivity contribution < 1.29 is 4.79 Å². The number of nitrogens with one attached hydrogen (secondary N) is 2. The Labute approximate surface area is 115 Å². The van der Waals surface area contributed by atoms with E-state index in [0.717, 1.165) is 16.8 Å². The van der Waals surface area contributed by atoms with Crippen molar-refractivity contribution in [3.63, 3.8) is 0 Å². The molecule has 4 nitrogen and oxygen atoms in total. The molecule has 1 aromatic heterocycles.